The lowest BCUT2D eigenvalue weighted by Gasteiger charge is -2.26. The van der Waals surface area contributed by atoms with Crippen LogP contribution in [0.2, 0.25) is 10.0 Å². The molecule has 1 saturated carbocycles. The summed E-state index contributed by atoms with van der Waals surface area (Å²) in [7, 11) is 0. The Morgan fingerprint density at radius 1 is 1.21 bits per heavy atom. The molecular weight excluding hydrogens is 347 g/mol. The summed E-state index contributed by atoms with van der Waals surface area (Å²) in [4.78, 5) is 12.8. The zero-order chi connectivity index (χ0) is 17.3. The maximum absolute atomic E-state index is 12.8. The molecule has 3 rings (SSSR count). The lowest BCUT2D eigenvalue weighted by Crippen LogP contribution is -2.37. The number of amides is 1. The number of carbonyl (C=O) groups is 1. The quantitative estimate of drug-likeness (QED) is 0.805. The fraction of sp³-hybridized carbons (Fsp3) is 0.444. The zero-order valence-corrected chi connectivity index (χ0v) is 15.2. The maximum Gasteiger partial charge on any atom is 0.257 e. The third-order valence-corrected chi connectivity index (χ3v) is 5.27. The number of aryl methyl sites for hydroxylation is 1. The SMILES string of the molecule is Cc1onc(-c2c(Cl)cccc2Cl)c1C(=O)NC1CCC(C)CC1. The smallest absolute Gasteiger partial charge is 0.257 e. The Kier molecular flexibility index (Phi) is 5.16. The van der Waals surface area contributed by atoms with E-state index in [0.717, 1.165) is 31.6 Å². The molecule has 1 heterocycles. The molecule has 1 N–H and O–H groups in total. The molecule has 0 saturated heterocycles. The third-order valence-electron chi connectivity index (χ3n) is 4.64. The van der Waals surface area contributed by atoms with Crippen molar-refractivity contribution >= 4 is 29.1 Å². The molecule has 24 heavy (non-hydrogen) atoms. The van der Waals surface area contributed by atoms with Gasteiger partial charge in [-0.3, -0.25) is 4.79 Å². The van der Waals surface area contributed by atoms with E-state index in [4.69, 9.17) is 27.7 Å². The molecule has 0 spiro atoms. The Bertz CT molecular complexity index is 729. The van der Waals surface area contributed by atoms with E-state index in [1.54, 1.807) is 25.1 Å². The summed E-state index contributed by atoms with van der Waals surface area (Å²) in [6.07, 6.45) is 4.27. The van der Waals surface area contributed by atoms with Gasteiger partial charge in [0.2, 0.25) is 0 Å². The normalized spacial score (nSPS) is 20.8. The van der Waals surface area contributed by atoms with Crippen molar-refractivity contribution in [2.24, 2.45) is 5.92 Å². The van der Waals surface area contributed by atoms with Crippen molar-refractivity contribution in [3.63, 3.8) is 0 Å². The molecule has 1 amide bonds. The Morgan fingerprint density at radius 3 is 2.46 bits per heavy atom. The van der Waals surface area contributed by atoms with Crippen molar-refractivity contribution in [2.45, 2.75) is 45.6 Å². The number of hydrogen-bond acceptors (Lipinski definition) is 3. The first-order valence-electron chi connectivity index (χ1n) is 8.19. The van der Waals surface area contributed by atoms with Crippen molar-refractivity contribution in [3.8, 4) is 11.3 Å². The Labute approximate surface area is 151 Å². The minimum atomic E-state index is -0.181. The molecule has 1 aromatic heterocycles. The van der Waals surface area contributed by atoms with Gasteiger partial charge < -0.3 is 9.84 Å². The number of benzene rings is 1. The van der Waals surface area contributed by atoms with Crippen molar-refractivity contribution < 1.29 is 9.32 Å². The summed E-state index contributed by atoms with van der Waals surface area (Å²) in [6, 6.07) is 5.38. The van der Waals surface area contributed by atoms with E-state index in [-0.39, 0.29) is 11.9 Å². The van der Waals surface area contributed by atoms with Crippen LogP contribution < -0.4 is 5.32 Å². The number of aromatic nitrogens is 1. The molecule has 0 unspecified atom stereocenters. The van der Waals surface area contributed by atoms with E-state index >= 15 is 0 Å². The van der Waals surface area contributed by atoms with Crippen LogP contribution in [-0.2, 0) is 0 Å². The topological polar surface area (TPSA) is 55.1 Å². The summed E-state index contributed by atoms with van der Waals surface area (Å²) >= 11 is 12.5. The predicted molar refractivity (Wildman–Crippen MR) is 95.6 cm³/mol. The first-order valence-corrected chi connectivity index (χ1v) is 8.94. The molecule has 1 aliphatic rings. The Morgan fingerprint density at radius 2 is 1.83 bits per heavy atom. The van der Waals surface area contributed by atoms with Crippen LogP contribution in [0.1, 0.15) is 48.7 Å². The van der Waals surface area contributed by atoms with Crippen LogP contribution in [0.15, 0.2) is 22.7 Å². The van der Waals surface area contributed by atoms with Crippen LogP contribution in [0.25, 0.3) is 11.3 Å². The largest absolute Gasteiger partial charge is 0.360 e. The van der Waals surface area contributed by atoms with Crippen LogP contribution in [-0.4, -0.2) is 17.1 Å². The van der Waals surface area contributed by atoms with Crippen LogP contribution in [0.4, 0.5) is 0 Å². The first kappa shape index (κ1) is 17.3. The number of carbonyl (C=O) groups excluding carboxylic acids is 1. The molecular formula is C18H20Cl2N2O2. The van der Waals surface area contributed by atoms with Gasteiger partial charge in [0.05, 0.1) is 10.0 Å². The average molecular weight is 367 g/mol. The zero-order valence-electron chi connectivity index (χ0n) is 13.7. The molecule has 1 aromatic carbocycles. The highest BCUT2D eigenvalue weighted by Gasteiger charge is 2.27. The molecule has 0 radical (unpaired) electrons. The van der Waals surface area contributed by atoms with Crippen LogP contribution >= 0.6 is 23.2 Å². The van der Waals surface area contributed by atoms with Crippen molar-refractivity contribution in [1.82, 2.24) is 10.5 Å². The highest BCUT2D eigenvalue weighted by molar-refractivity contribution is 6.39. The molecule has 1 fully saturated rings. The van der Waals surface area contributed by atoms with Crippen molar-refractivity contribution in [3.05, 3.63) is 39.6 Å². The van der Waals surface area contributed by atoms with Gasteiger partial charge in [0.25, 0.3) is 5.91 Å². The fourth-order valence-electron chi connectivity index (χ4n) is 3.20. The monoisotopic (exact) mass is 366 g/mol. The maximum atomic E-state index is 12.8. The van der Waals surface area contributed by atoms with Gasteiger partial charge in [-0.15, -0.1) is 0 Å². The molecule has 0 aliphatic heterocycles. The summed E-state index contributed by atoms with van der Waals surface area (Å²) < 4.78 is 5.26. The average Bonchev–Trinajstić information content (AvgIpc) is 2.91. The van der Waals surface area contributed by atoms with Crippen molar-refractivity contribution in [1.29, 1.82) is 0 Å². The second kappa shape index (κ2) is 7.16. The number of halogens is 2. The lowest BCUT2D eigenvalue weighted by molar-refractivity contribution is 0.0922. The highest BCUT2D eigenvalue weighted by atomic mass is 35.5. The predicted octanol–water partition coefficient (Wildman–Crippen LogP) is 5.27. The van der Waals surface area contributed by atoms with Gasteiger partial charge in [0.1, 0.15) is 17.0 Å². The second-order valence-electron chi connectivity index (χ2n) is 6.49. The van der Waals surface area contributed by atoms with Gasteiger partial charge in [-0.2, -0.15) is 0 Å². The number of hydrogen-bond donors (Lipinski definition) is 1. The van der Waals surface area contributed by atoms with Crippen LogP contribution in [0.5, 0.6) is 0 Å². The Hall–Kier alpha value is -1.52. The van der Waals surface area contributed by atoms with E-state index in [9.17, 15) is 4.79 Å². The van der Waals surface area contributed by atoms with E-state index in [0.29, 0.717) is 32.6 Å². The van der Waals surface area contributed by atoms with Gasteiger partial charge in [-0.25, -0.2) is 0 Å². The van der Waals surface area contributed by atoms with E-state index in [1.807, 2.05) is 0 Å². The molecule has 0 bridgehead atoms. The molecule has 2 aromatic rings. The molecule has 128 valence electrons. The second-order valence-corrected chi connectivity index (χ2v) is 7.30. The van der Waals surface area contributed by atoms with E-state index in [2.05, 4.69) is 17.4 Å². The van der Waals surface area contributed by atoms with E-state index < -0.39 is 0 Å². The number of nitrogens with one attached hydrogen (secondary N) is 1. The summed E-state index contributed by atoms with van der Waals surface area (Å²) in [5.74, 6) is 1.01. The summed E-state index contributed by atoms with van der Waals surface area (Å²) in [5, 5.41) is 8.02. The van der Waals surface area contributed by atoms with Gasteiger partial charge >= 0.3 is 0 Å². The molecule has 0 atom stereocenters. The lowest BCUT2D eigenvalue weighted by atomic mass is 9.87. The molecule has 4 nitrogen and oxygen atoms in total. The van der Waals surface area contributed by atoms with E-state index in [1.165, 1.54) is 0 Å². The summed E-state index contributed by atoms with van der Waals surface area (Å²) in [5.41, 5.74) is 1.33. The van der Waals surface area contributed by atoms with Gasteiger partial charge in [-0.05, 0) is 50.7 Å². The van der Waals surface area contributed by atoms with Crippen LogP contribution in [0.3, 0.4) is 0 Å². The van der Waals surface area contributed by atoms with Crippen molar-refractivity contribution in [2.75, 3.05) is 0 Å². The highest BCUT2D eigenvalue weighted by Crippen LogP contribution is 2.36. The van der Waals surface area contributed by atoms with Crippen LogP contribution in [0, 0.1) is 12.8 Å². The number of rotatable bonds is 3. The van der Waals surface area contributed by atoms with Gasteiger partial charge in [0.15, 0.2) is 0 Å². The standard InChI is InChI=1S/C18H20Cl2N2O2/c1-10-6-8-12(9-7-10)21-18(23)15-11(2)24-22-17(15)16-13(19)4-3-5-14(16)20/h3-5,10,12H,6-9H2,1-2H3,(H,21,23). The molecule has 1 aliphatic carbocycles. The minimum Gasteiger partial charge on any atom is -0.360 e. The fourth-order valence-corrected chi connectivity index (χ4v) is 3.77. The minimum absolute atomic E-state index is 0.181. The number of nitrogens with zero attached hydrogens (tertiary/aromatic N) is 1. The Balaban J connectivity index is 1.89. The molecule has 6 heteroatoms. The third kappa shape index (κ3) is 3.45. The van der Waals surface area contributed by atoms with Gasteiger partial charge in [-0.1, -0.05) is 41.3 Å². The first-order chi connectivity index (χ1) is 11.5. The van der Waals surface area contributed by atoms with Gasteiger partial charge in [0, 0.05) is 11.6 Å². The summed E-state index contributed by atoms with van der Waals surface area (Å²) in [6.45, 7) is 3.97.